The molecule has 1 saturated heterocycles. The van der Waals surface area contributed by atoms with Crippen molar-refractivity contribution in [1.29, 1.82) is 0 Å². The number of hydrogen-bond donors (Lipinski definition) is 1. The number of amidine groups is 1. The van der Waals surface area contributed by atoms with Gasteiger partial charge in [-0.05, 0) is 70.6 Å². The van der Waals surface area contributed by atoms with Crippen molar-refractivity contribution in [3.8, 4) is 5.75 Å². The van der Waals surface area contributed by atoms with Gasteiger partial charge in [0.25, 0.3) is 0 Å². The van der Waals surface area contributed by atoms with Crippen LogP contribution in [0.4, 0.5) is 8.78 Å². The summed E-state index contributed by atoms with van der Waals surface area (Å²) in [6, 6.07) is 3.86. The Morgan fingerprint density at radius 1 is 1.11 bits per heavy atom. The van der Waals surface area contributed by atoms with Crippen molar-refractivity contribution in [2.75, 3.05) is 19.3 Å². The molecular formula is C24H35F2N3O5S. The first-order chi connectivity index (χ1) is 16.4. The molecule has 1 saturated carbocycles. The fraction of sp³-hybridized carbons (Fsp3) is 0.625. The molecule has 1 aliphatic carbocycles. The first-order valence-corrected chi connectivity index (χ1v) is 13.7. The van der Waals surface area contributed by atoms with Crippen LogP contribution in [-0.4, -0.2) is 62.7 Å². The maximum atomic E-state index is 14.3. The maximum absolute atomic E-state index is 14.3. The number of nitrogens with two attached hydrogens (primary N) is 1. The number of sulfone groups is 1. The zero-order chi connectivity index (χ0) is 25.8. The van der Waals surface area contributed by atoms with Crippen molar-refractivity contribution >= 4 is 15.9 Å². The average Bonchev–Trinajstić information content (AvgIpc) is 2.79. The van der Waals surface area contributed by atoms with E-state index in [2.05, 4.69) is 11.6 Å². The molecule has 11 heteroatoms. The van der Waals surface area contributed by atoms with Crippen LogP contribution >= 0.6 is 0 Å². The topological polar surface area (TPSA) is 103 Å². The zero-order valence-corrected chi connectivity index (χ0v) is 21.3. The normalized spacial score (nSPS) is 22.7. The molecule has 0 atom stereocenters. The van der Waals surface area contributed by atoms with Crippen molar-refractivity contribution in [3.63, 3.8) is 0 Å². The van der Waals surface area contributed by atoms with Gasteiger partial charge in [0.05, 0.1) is 28.9 Å². The summed E-state index contributed by atoms with van der Waals surface area (Å²) in [6.45, 7) is 7.62. The lowest BCUT2D eigenvalue weighted by molar-refractivity contribution is -0.0629. The van der Waals surface area contributed by atoms with E-state index in [0.29, 0.717) is 13.1 Å². The molecule has 0 radical (unpaired) electrons. The van der Waals surface area contributed by atoms with Gasteiger partial charge in [0.2, 0.25) is 0 Å². The molecular weight excluding hydrogens is 480 g/mol. The fourth-order valence-electron chi connectivity index (χ4n) is 4.15. The summed E-state index contributed by atoms with van der Waals surface area (Å²) in [5, 5.41) is 0. The summed E-state index contributed by atoms with van der Waals surface area (Å²) in [5.41, 5.74) is -1.62. The number of ether oxygens (including phenoxy) is 2. The van der Waals surface area contributed by atoms with E-state index in [-0.39, 0.29) is 40.7 Å². The number of likely N-dealkylation sites (tertiary alicyclic amines) is 1. The summed E-state index contributed by atoms with van der Waals surface area (Å²) in [7, 11) is -3.47. The molecule has 8 nitrogen and oxygen atoms in total. The van der Waals surface area contributed by atoms with Crippen LogP contribution in [0.3, 0.4) is 0 Å². The lowest BCUT2D eigenvalue weighted by atomic mass is 9.94. The van der Waals surface area contributed by atoms with Gasteiger partial charge in [-0.2, -0.15) is 10.9 Å². The molecule has 0 unspecified atom stereocenters. The molecule has 35 heavy (non-hydrogen) atoms. The number of rotatable bonds is 7. The Hall–Kier alpha value is -2.24. The highest BCUT2D eigenvalue weighted by molar-refractivity contribution is 7.90. The largest absolute Gasteiger partial charge is 0.487 e. The van der Waals surface area contributed by atoms with Crippen LogP contribution in [0.5, 0.6) is 5.75 Å². The number of benzene rings is 1. The second kappa shape index (κ2) is 11.2. The van der Waals surface area contributed by atoms with Crippen LogP contribution in [0.15, 0.2) is 40.4 Å². The van der Waals surface area contributed by atoms with Crippen LogP contribution in [0, 0.1) is 5.82 Å². The molecule has 1 aromatic rings. The Labute approximate surface area is 206 Å². The van der Waals surface area contributed by atoms with E-state index in [9.17, 15) is 17.2 Å². The number of aliphatic imine (C=N–C) groups is 1. The Morgan fingerprint density at radius 3 is 2.20 bits per heavy atom. The van der Waals surface area contributed by atoms with Gasteiger partial charge in [0.15, 0.2) is 21.4 Å². The third kappa shape index (κ3) is 7.62. The van der Waals surface area contributed by atoms with Gasteiger partial charge >= 0.3 is 6.02 Å². The molecule has 0 bridgehead atoms. The molecule has 1 heterocycles. The smallest absolute Gasteiger partial charge is 0.312 e. The molecule has 3 rings (SSSR count). The fourth-order valence-corrected chi connectivity index (χ4v) is 4.78. The Bertz CT molecular complexity index is 1030. The second-order valence-electron chi connectivity index (χ2n) is 9.63. The highest BCUT2D eigenvalue weighted by Gasteiger charge is 2.30. The number of hydrogen-bond acceptors (Lipinski definition) is 7. The van der Waals surface area contributed by atoms with Crippen molar-refractivity contribution in [3.05, 3.63) is 36.3 Å². The summed E-state index contributed by atoms with van der Waals surface area (Å²) in [4.78, 5) is 10.8. The van der Waals surface area contributed by atoms with E-state index in [0.717, 1.165) is 50.8 Å². The van der Waals surface area contributed by atoms with Crippen LogP contribution in [-0.2, 0) is 19.4 Å². The lowest BCUT2D eigenvalue weighted by Gasteiger charge is -2.36. The molecule has 1 aromatic carbocycles. The Kier molecular flexibility index (Phi) is 8.76. The van der Waals surface area contributed by atoms with Gasteiger partial charge in [-0.1, -0.05) is 6.58 Å². The highest BCUT2D eigenvalue weighted by Crippen LogP contribution is 2.30. The number of allylic oxidation sites excluding steroid dienone is 1. The van der Waals surface area contributed by atoms with Crippen molar-refractivity contribution in [2.45, 2.75) is 81.2 Å². The van der Waals surface area contributed by atoms with Crippen molar-refractivity contribution in [1.82, 2.24) is 4.90 Å². The zero-order valence-electron chi connectivity index (χ0n) is 20.5. The lowest BCUT2D eigenvalue weighted by Crippen LogP contribution is -2.44. The summed E-state index contributed by atoms with van der Waals surface area (Å²) in [6.07, 6.45) is 5.58. The van der Waals surface area contributed by atoms with Gasteiger partial charge in [-0.15, -0.1) is 0 Å². The molecule has 0 amide bonds. The first-order valence-electron chi connectivity index (χ1n) is 11.8. The van der Waals surface area contributed by atoms with Crippen LogP contribution in [0.1, 0.15) is 52.4 Å². The third-order valence-corrected chi connectivity index (χ3v) is 7.48. The van der Waals surface area contributed by atoms with Gasteiger partial charge in [0.1, 0.15) is 5.67 Å². The molecule has 1 aliphatic heterocycles. The molecule has 0 aromatic heterocycles. The number of piperidine rings is 1. The van der Waals surface area contributed by atoms with E-state index < -0.39 is 21.3 Å². The van der Waals surface area contributed by atoms with E-state index in [1.54, 1.807) is 0 Å². The van der Waals surface area contributed by atoms with Gasteiger partial charge in [0, 0.05) is 19.3 Å². The minimum absolute atomic E-state index is 0.0431. The number of nitrogens with zero attached hydrogens (tertiary/aromatic N) is 2. The molecule has 2 fully saturated rings. The standard InChI is InChI=1S/C24H35F2N3O5S/c1-16(24(2,3)26)28-23(34-27)29-13-11-19(12-14-29)32-17-5-7-18(8-6-17)33-22-10-9-20(15-21(22)25)35(4,30)31/h9-10,15,17-19H,1,5-8,11-14,27H2,2-4H3/b28-23-/t17-,18-. The number of halogens is 2. The SMILES string of the molecule is C=C(/N=C(\ON)N1CCC(O[C@H]2CC[C@H](Oc3ccc(S(C)(=O)=O)cc3F)CC2)CC1)C(C)(C)F. The van der Waals surface area contributed by atoms with E-state index in [1.807, 2.05) is 4.90 Å². The summed E-state index contributed by atoms with van der Waals surface area (Å²) in [5.74, 6) is 4.74. The van der Waals surface area contributed by atoms with Crippen molar-refractivity contribution < 1.29 is 31.5 Å². The summed E-state index contributed by atoms with van der Waals surface area (Å²) >= 11 is 0. The minimum atomic E-state index is -3.47. The predicted molar refractivity (Wildman–Crippen MR) is 129 cm³/mol. The molecule has 2 aliphatic rings. The average molecular weight is 516 g/mol. The summed E-state index contributed by atoms with van der Waals surface area (Å²) < 4.78 is 63.5. The van der Waals surface area contributed by atoms with Crippen molar-refractivity contribution in [2.24, 2.45) is 10.9 Å². The van der Waals surface area contributed by atoms with E-state index in [1.165, 1.54) is 26.0 Å². The van der Waals surface area contributed by atoms with Crippen LogP contribution < -0.4 is 10.6 Å². The Morgan fingerprint density at radius 2 is 1.69 bits per heavy atom. The molecule has 0 spiro atoms. The quantitative estimate of drug-likeness (QED) is 0.334. The third-order valence-electron chi connectivity index (χ3n) is 6.37. The van der Waals surface area contributed by atoms with Crippen LogP contribution in [0.2, 0.25) is 0 Å². The van der Waals surface area contributed by atoms with Gasteiger partial charge in [-0.25, -0.2) is 17.2 Å². The van der Waals surface area contributed by atoms with E-state index >= 15 is 0 Å². The van der Waals surface area contributed by atoms with E-state index in [4.69, 9.17) is 20.2 Å². The maximum Gasteiger partial charge on any atom is 0.312 e. The second-order valence-corrected chi connectivity index (χ2v) is 11.7. The van der Waals surface area contributed by atoms with Crippen LogP contribution in [0.25, 0.3) is 0 Å². The highest BCUT2D eigenvalue weighted by atomic mass is 32.2. The monoisotopic (exact) mass is 515 g/mol. The Balaban J connectivity index is 1.44. The van der Waals surface area contributed by atoms with Gasteiger partial charge < -0.3 is 19.2 Å². The minimum Gasteiger partial charge on any atom is -0.487 e. The molecule has 2 N–H and O–H groups in total. The number of alkyl halides is 1. The van der Waals surface area contributed by atoms with Gasteiger partial charge in [-0.3, -0.25) is 0 Å². The predicted octanol–water partition coefficient (Wildman–Crippen LogP) is 3.91. The molecule has 196 valence electrons. The first kappa shape index (κ1) is 27.3.